The zero-order chi connectivity index (χ0) is 13.7. The van der Waals surface area contributed by atoms with E-state index in [1.54, 1.807) is 18.2 Å². The number of halogens is 1. The van der Waals surface area contributed by atoms with E-state index in [0.717, 1.165) is 5.56 Å². The van der Waals surface area contributed by atoms with E-state index in [2.05, 4.69) is 0 Å². The van der Waals surface area contributed by atoms with Gasteiger partial charge in [0.1, 0.15) is 30.1 Å². The van der Waals surface area contributed by atoms with Crippen molar-refractivity contribution >= 4 is 11.6 Å². The van der Waals surface area contributed by atoms with E-state index in [9.17, 15) is 5.11 Å². The van der Waals surface area contributed by atoms with Gasteiger partial charge in [-0.2, -0.15) is 5.26 Å². The molecule has 0 aliphatic heterocycles. The SMILES string of the molecule is N#Cc1c(Cl)cccc1OCC(O)c1ccccc1. The van der Waals surface area contributed by atoms with Crippen LogP contribution in [0.3, 0.4) is 0 Å². The largest absolute Gasteiger partial charge is 0.489 e. The Morgan fingerprint density at radius 2 is 1.89 bits per heavy atom. The van der Waals surface area contributed by atoms with Crippen molar-refractivity contribution in [2.75, 3.05) is 6.61 Å². The average Bonchev–Trinajstić information content (AvgIpc) is 2.45. The molecular weight excluding hydrogens is 262 g/mol. The fourth-order valence-electron chi connectivity index (χ4n) is 1.67. The topological polar surface area (TPSA) is 53.2 Å². The van der Waals surface area contributed by atoms with Crippen molar-refractivity contribution in [2.24, 2.45) is 0 Å². The van der Waals surface area contributed by atoms with E-state index in [-0.39, 0.29) is 12.2 Å². The van der Waals surface area contributed by atoms with Gasteiger partial charge in [0.15, 0.2) is 0 Å². The summed E-state index contributed by atoms with van der Waals surface area (Å²) in [6.07, 6.45) is -0.744. The quantitative estimate of drug-likeness (QED) is 0.930. The van der Waals surface area contributed by atoms with Crippen LogP contribution < -0.4 is 4.74 Å². The van der Waals surface area contributed by atoms with Crippen molar-refractivity contribution in [1.29, 1.82) is 5.26 Å². The summed E-state index contributed by atoms with van der Waals surface area (Å²) in [6, 6.07) is 16.2. The van der Waals surface area contributed by atoms with Crippen LogP contribution in [0.5, 0.6) is 5.75 Å². The molecular formula is C15H12ClNO2. The maximum atomic E-state index is 9.97. The van der Waals surface area contributed by atoms with Gasteiger partial charge in [-0.15, -0.1) is 0 Å². The van der Waals surface area contributed by atoms with Crippen LogP contribution in [-0.2, 0) is 0 Å². The van der Waals surface area contributed by atoms with E-state index < -0.39 is 6.10 Å². The number of aliphatic hydroxyl groups is 1. The molecule has 2 rings (SSSR count). The minimum Gasteiger partial charge on any atom is -0.489 e. The molecule has 0 bridgehead atoms. The summed E-state index contributed by atoms with van der Waals surface area (Å²) in [5.41, 5.74) is 1.05. The molecule has 96 valence electrons. The minimum atomic E-state index is -0.744. The highest BCUT2D eigenvalue weighted by Crippen LogP contribution is 2.26. The third-order valence-electron chi connectivity index (χ3n) is 2.67. The Hall–Kier alpha value is -2.02. The van der Waals surface area contributed by atoms with Gasteiger partial charge in [0.25, 0.3) is 0 Å². The van der Waals surface area contributed by atoms with Crippen LogP contribution in [0, 0.1) is 11.3 Å². The van der Waals surface area contributed by atoms with Gasteiger partial charge in [-0.3, -0.25) is 0 Å². The van der Waals surface area contributed by atoms with E-state index in [1.165, 1.54) is 0 Å². The molecule has 0 aliphatic rings. The average molecular weight is 274 g/mol. The first kappa shape index (κ1) is 13.4. The van der Waals surface area contributed by atoms with Crippen LogP contribution in [0.4, 0.5) is 0 Å². The van der Waals surface area contributed by atoms with Crippen LogP contribution in [0.25, 0.3) is 0 Å². The Morgan fingerprint density at radius 1 is 1.16 bits per heavy atom. The third-order valence-corrected chi connectivity index (χ3v) is 2.98. The van der Waals surface area contributed by atoms with Crippen molar-refractivity contribution in [3.63, 3.8) is 0 Å². The highest BCUT2D eigenvalue weighted by Gasteiger charge is 2.11. The van der Waals surface area contributed by atoms with Crippen LogP contribution >= 0.6 is 11.6 Å². The number of nitrogens with zero attached hydrogens (tertiary/aromatic N) is 1. The molecule has 3 nitrogen and oxygen atoms in total. The molecule has 1 N–H and O–H groups in total. The van der Waals surface area contributed by atoms with Gasteiger partial charge in [-0.25, -0.2) is 0 Å². The summed E-state index contributed by atoms with van der Waals surface area (Å²) < 4.78 is 5.47. The molecule has 2 aromatic rings. The molecule has 1 unspecified atom stereocenters. The monoisotopic (exact) mass is 273 g/mol. The van der Waals surface area contributed by atoms with Crippen LogP contribution in [0.15, 0.2) is 48.5 Å². The predicted molar refractivity (Wildman–Crippen MR) is 73.1 cm³/mol. The maximum Gasteiger partial charge on any atom is 0.138 e. The standard InChI is InChI=1S/C15H12ClNO2/c16-13-7-4-8-15(12(13)9-17)19-10-14(18)11-5-2-1-3-6-11/h1-8,14,18H,10H2. The van der Waals surface area contributed by atoms with Gasteiger partial charge in [0.2, 0.25) is 0 Å². The van der Waals surface area contributed by atoms with E-state index in [0.29, 0.717) is 10.8 Å². The van der Waals surface area contributed by atoms with Crippen molar-refractivity contribution in [2.45, 2.75) is 6.10 Å². The Balaban J connectivity index is 2.08. The van der Waals surface area contributed by atoms with Gasteiger partial charge >= 0.3 is 0 Å². The van der Waals surface area contributed by atoms with Crippen molar-refractivity contribution in [1.82, 2.24) is 0 Å². The second-order valence-electron chi connectivity index (χ2n) is 3.96. The Labute approximate surface area is 116 Å². The number of ether oxygens (including phenoxy) is 1. The highest BCUT2D eigenvalue weighted by molar-refractivity contribution is 6.31. The minimum absolute atomic E-state index is 0.0685. The molecule has 0 saturated heterocycles. The lowest BCUT2D eigenvalue weighted by molar-refractivity contribution is 0.108. The first-order chi connectivity index (χ1) is 9.22. The molecule has 1 atom stereocenters. The smallest absolute Gasteiger partial charge is 0.138 e. The summed E-state index contributed by atoms with van der Waals surface area (Å²) in [5, 5.41) is 19.3. The zero-order valence-electron chi connectivity index (χ0n) is 10.1. The maximum absolute atomic E-state index is 9.97. The summed E-state index contributed by atoms with van der Waals surface area (Å²) in [6.45, 7) is 0.0685. The Kier molecular flexibility index (Phi) is 4.40. The molecule has 0 amide bonds. The van der Waals surface area contributed by atoms with Gasteiger partial charge in [-0.05, 0) is 17.7 Å². The second kappa shape index (κ2) is 6.24. The molecule has 0 heterocycles. The van der Waals surface area contributed by atoms with Crippen LogP contribution in [-0.4, -0.2) is 11.7 Å². The van der Waals surface area contributed by atoms with Crippen LogP contribution in [0.1, 0.15) is 17.2 Å². The first-order valence-corrected chi connectivity index (χ1v) is 6.14. The number of benzene rings is 2. The molecule has 0 aliphatic carbocycles. The Bertz CT molecular complexity index is 593. The molecule has 0 spiro atoms. The fourth-order valence-corrected chi connectivity index (χ4v) is 1.88. The molecule has 0 aromatic heterocycles. The molecule has 19 heavy (non-hydrogen) atoms. The number of aliphatic hydroxyl groups excluding tert-OH is 1. The lowest BCUT2D eigenvalue weighted by Gasteiger charge is -2.13. The van der Waals surface area contributed by atoms with Gasteiger partial charge in [0, 0.05) is 0 Å². The lowest BCUT2D eigenvalue weighted by Crippen LogP contribution is -2.10. The van der Waals surface area contributed by atoms with Gasteiger partial charge in [-0.1, -0.05) is 48.0 Å². The molecule has 0 saturated carbocycles. The second-order valence-corrected chi connectivity index (χ2v) is 4.37. The van der Waals surface area contributed by atoms with Crippen molar-refractivity contribution in [3.8, 4) is 11.8 Å². The summed E-state index contributed by atoms with van der Waals surface area (Å²) in [4.78, 5) is 0. The number of hydrogen-bond donors (Lipinski definition) is 1. The molecule has 0 radical (unpaired) electrons. The van der Waals surface area contributed by atoms with E-state index in [4.69, 9.17) is 21.6 Å². The Morgan fingerprint density at radius 3 is 2.58 bits per heavy atom. The van der Waals surface area contributed by atoms with Crippen molar-refractivity contribution in [3.05, 3.63) is 64.7 Å². The normalized spacial score (nSPS) is 11.6. The number of rotatable bonds is 4. The number of nitriles is 1. The van der Waals surface area contributed by atoms with Gasteiger partial charge in [0.05, 0.1) is 5.02 Å². The fraction of sp³-hybridized carbons (Fsp3) is 0.133. The summed E-state index contributed by atoms with van der Waals surface area (Å²) in [5.74, 6) is 0.380. The third kappa shape index (κ3) is 3.25. The lowest BCUT2D eigenvalue weighted by atomic mass is 10.1. The van der Waals surface area contributed by atoms with Crippen molar-refractivity contribution < 1.29 is 9.84 Å². The molecule has 4 heteroatoms. The molecule has 2 aromatic carbocycles. The zero-order valence-corrected chi connectivity index (χ0v) is 10.8. The van der Waals surface area contributed by atoms with E-state index in [1.807, 2.05) is 36.4 Å². The summed E-state index contributed by atoms with van der Waals surface area (Å²) in [7, 11) is 0. The number of hydrogen-bond acceptors (Lipinski definition) is 3. The highest BCUT2D eigenvalue weighted by atomic mass is 35.5. The van der Waals surface area contributed by atoms with Crippen LogP contribution in [0.2, 0.25) is 5.02 Å². The first-order valence-electron chi connectivity index (χ1n) is 5.77. The predicted octanol–water partition coefficient (Wildman–Crippen LogP) is 3.32. The molecule has 0 fully saturated rings. The summed E-state index contributed by atoms with van der Waals surface area (Å²) >= 11 is 5.90. The van der Waals surface area contributed by atoms with Gasteiger partial charge < -0.3 is 9.84 Å². The van der Waals surface area contributed by atoms with E-state index >= 15 is 0 Å².